The van der Waals surface area contributed by atoms with Gasteiger partial charge in [-0.25, -0.2) is 23.8 Å². The first-order valence-corrected chi connectivity index (χ1v) is 10.4. The summed E-state index contributed by atoms with van der Waals surface area (Å²) in [5, 5.41) is 0. The Labute approximate surface area is 142 Å². The molecule has 0 radical (unpaired) electrons. The standard InChI is InChI=1S/C11H19N5O7P2/c1-7(2)8(22-6-24(17,18)23-25(19,20)21)3-16-5-15-9-10(12)13-4-14-11(9)16/h4-5,7-8H,3,6H2,1-2H3,(H,17,18)(H2,12,13,14)(H2,19,20,21)/t8-/m0/s1. The van der Waals surface area contributed by atoms with Crippen LogP contribution < -0.4 is 5.73 Å². The third-order valence-corrected chi connectivity index (χ3v) is 5.58. The number of phosphoric acid groups is 1. The van der Waals surface area contributed by atoms with Gasteiger partial charge >= 0.3 is 15.4 Å². The number of nitrogens with two attached hydrogens (primary N) is 1. The number of hydrogen-bond acceptors (Lipinski definition) is 8. The largest absolute Gasteiger partial charge is 0.476 e. The highest BCUT2D eigenvalue weighted by Crippen LogP contribution is 2.56. The van der Waals surface area contributed by atoms with Crippen LogP contribution in [0.2, 0.25) is 0 Å². The monoisotopic (exact) mass is 395 g/mol. The molecule has 0 aromatic carbocycles. The third kappa shape index (κ3) is 5.55. The molecule has 0 spiro atoms. The van der Waals surface area contributed by atoms with Gasteiger partial charge in [0.05, 0.1) is 19.0 Å². The summed E-state index contributed by atoms with van der Waals surface area (Å²) in [6.07, 6.45) is 1.33. The van der Waals surface area contributed by atoms with E-state index in [9.17, 15) is 14.0 Å². The third-order valence-electron chi connectivity index (χ3n) is 3.24. The van der Waals surface area contributed by atoms with Crippen LogP contribution in [0, 0.1) is 5.92 Å². The lowest BCUT2D eigenvalue weighted by molar-refractivity contribution is 0.0304. The fraction of sp³-hybridized carbons (Fsp3) is 0.545. The summed E-state index contributed by atoms with van der Waals surface area (Å²) in [6.45, 7) is 3.86. The van der Waals surface area contributed by atoms with Crippen molar-refractivity contribution < 1.29 is 32.9 Å². The maximum absolute atomic E-state index is 11.7. The maximum Gasteiger partial charge on any atom is 0.476 e. The van der Waals surface area contributed by atoms with Crippen molar-refractivity contribution in [2.75, 3.05) is 12.1 Å². The number of nitrogen functional groups attached to an aromatic ring is 1. The number of ether oxygens (including phenoxy) is 1. The summed E-state index contributed by atoms with van der Waals surface area (Å²) in [6, 6.07) is 0. The van der Waals surface area contributed by atoms with Gasteiger partial charge in [-0.1, -0.05) is 13.8 Å². The minimum absolute atomic E-state index is 0.0910. The molecule has 2 atom stereocenters. The summed E-state index contributed by atoms with van der Waals surface area (Å²) in [5.41, 5.74) is 6.61. The fourth-order valence-electron chi connectivity index (χ4n) is 2.06. The number of rotatable bonds is 8. The molecule has 2 aromatic heterocycles. The van der Waals surface area contributed by atoms with Crippen LogP contribution in [0.3, 0.4) is 0 Å². The van der Waals surface area contributed by atoms with E-state index >= 15 is 0 Å². The van der Waals surface area contributed by atoms with Gasteiger partial charge in [0, 0.05) is 0 Å². The van der Waals surface area contributed by atoms with E-state index in [4.69, 9.17) is 20.3 Å². The average molecular weight is 395 g/mol. The van der Waals surface area contributed by atoms with Gasteiger partial charge in [-0.15, -0.1) is 0 Å². The number of nitrogens with zero attached hydrogens (tertiary/aromatic N) is 4. The van der Waals surface area contributed by atoms with Gasteiger partial charge in [-0.2, -0.15) is 0 Å². The van der Waals surface area contributed by atoms with Crippen LogP contribution in [-0.4, -0.2) is 46.7 Å². The molecule has 25 heavy (non-hydrogen) atoms. The van der Waals surface area contributed by atoms with Crippen molar-refractivity contribution in [2.45, 2.75) is 26.5 Å². The van der Waals surface area contributed by atoms with Gasteiger partial charge in [-0.3, -0.25) is 4.57 Å². The Morgan fingerprint density at radius 3 is 2.52 bits per heavy atom. The number of aromatic nitrogens is 4. The number of anilines is 1. The first-order chi connectivity index (χ1) is 11.5. The molecule has 140 valence electrons. The first kappa shape index (κ1) is 19.9. The SMILES string of the molecule is CC(C)[C@H](Cn1cnc2c(N)ncnc21)OCP(=O)(O)OP(=O)(O)O. The lowest BCUT2D eigenvalue weighted by Gasteiger charge is -2.23. The van der Waals surface area contributed by atoms with Gasteiger partial charge in [0.1, 0.15) is 18.2 Å². The van der Waals surface area contributed by atoms with Crippen LogP contribution in [0.25, 0.3) is 11.2 Å². The molecule has 0 bridgehead atoms. The molecule has 14 heteroatoms. The van der Waals surface area contributed by atoms with E-state index in [1.165, 1.54) is 12.7 Å². The predicted molar refractivity (Wildman–Crippen MR) is 87.3 cm³/mol. The molecule has 2 rings (SSSR count). The maximum atomic E-state index is 11.7. The lowest BCUT2D eigenvalue weighted by atomic mass is 10.1. The van der Waals surface area contributed by atoms with E-state index < -0.39 is 27.9 Å². The van der Waals surface area contributed by atoms with Crippen molar-refractivity contribution in [3.05, 3.63) is 12.7 Å². The zero-order valence-electron chi connectivity index (χ0n) is 13.5. The van der Waals surface area contributed by atoms with Crippen LogP contribution >= 0.6 is 15.4 Å². The topological polar surface area (TPSA) is 183 Å². The molecule has 12 nitrogen and oxygen atoms in total. The van der Waals surface area contributed by atoms with Gasteiger partial charge in [0.15, 0.2) is 11.5 Å². The Hall–Kier alpha value is -1.39. The minimum atomic E-state index is -5.10. The van der Waals surface area contributed by atoms with Crippen molar-refractivity contribution in [3.63, 3.8) is 0 Å². The lowest BCUT2D eigenvalue weighted by Crippen LogP contribution is -2.26. The predicted octanol–water partition coefficient (Wildman–Crippen LogP) is 0.702. The molecule has 2 heterocycles. The molecular formula is C11H19N5O7P2. The average Bonchev–Trinajstić information content (AvgIpc) is 2.85. The molecule has 2 aromatic rings. The number of imidazole rings is 1. The Morgan fingerprint density at radius 2 is 1.92 bits per heavy atom. The van der Waals surface area contributed by atoms with Crippen molar-refractivity contribution in [1.82, 2.24) is 19.5 Å². The quantitative estimate of drug-likeness (QED) is 0.461. The highest BCUT2D eigenvalue weighted by Gasteiger charge is 2.32. The molecule has 0 amide bonds. The van der Waals surface area contributed by atoms with Crippen molar-refractivity contribution in [1.29, 1.82) is 0 Å². The van der Waals surface area contributed by atoms with E-state index in [1.54, 1.807) is 4.57 Å². The van der Waals surface area contributed by atoms with E-state index in [0.29, 0.717) is 11.2 Å². The molecular weight excluding hydrogens is 376 g/mol. The summed E-state index contributed by atoms with van der Waals surface area (Å²) < 4.78 is 33.3. The van der Waals surface area contributed by atoms with Crippen LogP contribution in [0.4, 0.5) is 5.82 Å². The molecule has 0 saturated carbocycles. The molecule has 1 unspecified atom stereocenters. The van der Waals surface area contributed by atoms with Gasteiger partial charge < -0.3 is 29.7 Å². The molecule has 5 N–H and O–H groups in total. The Morgan fingerprint density at radius 1 is 1.24 bits per heavy atom. The van der Waals surface area contributed by atoms with E-state index in [0.717, 1.165) is 0 Å². The van der Waals surface area contributed by atoms with Gasteiger partial charge in [0.25, 0.3) is 0 Å². The molecule has 0 aliphatic rings. The zero-order valence-corrected chi connectivity index (χ0v) is 15.2. The number of fused-ring (bicyclic) bond motifs is 1. The molecule has 0 aliphatic heterocycles. The fourth-order valence-corrected chi connectivity index (χ4v) is 3.96. The highest BCUT2D eigenvalue weighted by molar-refractivity contribution is 7.63. The summed E-state index contributed by atoms with van der Waals surface area (Å²) in [5.74, 6) is 0.132. The first-order valence-electron chi connectivity index (χ1n) is 7.10. The minimum Gasteiger partial charge on any atom is -0.382 e. The van der Waals surface area contributed by atoms with Crippen LogP contribution in [0.5, 0.6) is 0 Å². The highest BCUT2D eigenvalue weighted by atomic mass is 31.3. The normalized spacial score (nSPS) is 16.2. The summed E-state index contributed by atoms with van der Waals surface area (Å²) in [4.78, 5) is 38.8. The Balaban J connectivity index is 2.12. The van der Waals surface area contributed by atoms with Crippen molar-refractivity contribution in [2.24, 2.45) is 5.92 Å². The van der Waals surface area contributed by atoms with Gasteiger partial charge in [-0.05, 0) is 5.92 Å². The van der Waals surface area contributed by atoms with Crippen molar-refractivity contribution in [3.8, 4) is 0 Å². The summed E-state index contributed by atoms with van der Waals surface area (Å²) in [7, 11) is -9.71. The zero-order chi connectivity index (χ0) is 18.8. The molecule has 0 saturated heterocycles. The van der Waals surface area contributed by atoms with Crippen LogP contribution in [0.15, 0.2) is 12.7 Å². The Bertz CT molecular complexity index is 835. The van der Waals surface area contributed by atoms with Gasteiger partial charge in [0.2, 0.25) is 0 Å². The van der Waals surface area contributed by atoms with E-state index in [2.05, 4.69) is 19.3 Å². The smallest absolute Gasteiger partial charge is 0.382 e. The molecule has 0 fully saturated rings. The van der Waals surface area contributed by atoms with E-state index in [1.807, 2.05) is 13.8 Å². The number of hydrogen-bond donors (Lipinski definition) is 4. The van der Waals surface area contributed by atoms with Crippen molar-refractivity contribution >= 4 is 32.4 Å². The second kappa shape index (κ2) is 7.46. The van der Waals surface area contributed by atoms with Crippen LogP contribution in [-0.2, 0) is 24.7 Å². The Kier molecular flexibility index (Phi) is 5.95. The van der Waals surface area contributed by atoms with Crippen LogP contribution in [0.1, 0.15) is 13.8 Å². The molecule has 0 aliphatic carbocycles. The summed E-state index contributed by atoms with van der Waals surface area (Å²) >= 11 is 0. The second-order valence-corrected chi connectivity index (χ2v) is 8.78. The second-order valence-electron chi connectivity index (χ2n) is 5.62. The van der Waals surface area contributed by atoms with E-state index in [-0.39, 0.29) is 18.3 Å².